The molecule has 0 unspecified atom stereocenters. The number of carbonyl (C=O) groups excluding carboxylic acids is 1. The lowest BCUT2D eigenvalue weighted by Crippen LogP contribution is -2.47. The quantitative estimate of drug-likeness (QED) is 0.720. The molecular weight excluding hydrogens is 208 g/mol. The molecule has 2 rings (SSSR count). The predicted octanol–water partition coefficient (Wildman–Crippen LogP) is -0.0845. The fraction of sp³-hybridized carbons (Fsp3) is 0.700. The van der Waals surface area contributed by atoms with Gasteiger partial charge in [-0.05, 0) is 6.92 Å². The van der Waals surface area contributed by atoms with Crippen LogP contribution < -0.4 is 0 Å². The van der Waals surface area contributed by atoms with Crippen molar-refractivity contribution in [2.45, 2.75) is 25.9 Å². The van der Waals surface area contributed by atoms with E-state index >= 15 is 0 Å². The molecule has 6 nitrogen and oxygen atoms in total. The second-order valence-corrected chi connectivity index (χ2v) is 3.92. The summed E-state index contributed by atoms with van der Waals surface area (Å²) >= 11 is 0. The van der Waals surface area contributed by atoms with Crippen molar-refractivity contribution in [3.05, 3.63) is 12.7 Å². The van der Waals surface area contributed by atoms with Crippen LogP contribution in [-0.4, -0.2) is 51.4 Å². The minimum atomic E-state index is 0.159. The van der Waals surface area contributed by atoms with Gasteiger partial charge in [-0.2, -0.15) is 5.10 Å². The SMILES string of the molecule is C[C@H]1COCCN1C(=O)CCn1cncn1. The van der Waals surface area contributed by atoms with Gasteiger partial charge in [0.25, 0.3) is 0 Å². The number of carbonyl (C=O) groups is 1. The Labute approximate surface area is 94.2 Å². The van der Waals surface area contributed by atoms with Gasteiger partial charge in [-0.25, -0.2) is 4.98 Å². The maximum absolute atomic E-state index is 11.9. The first kappa shape index (κ1) is 11.1. The van der Waals surface area contributed by atoms with Crippen LogP contribution in [0.15, 0.2) is 12.7 Å². The van der Waals surface area contributed by atoms with Gasteiger partial charge < -0.3 is 9.64 Å². The summed E-state index contributed by atoms with van der Waals surface area (Å²) in [6, 6.07) is 0.178. The van der Waals surface area contributed by atoms with Gasteiger partial charge >= 0.3 is 0 Å². The molecule has 0 aromatic carbocycles. The number of nitrogens with zero attached hydrogens (tertiary/aromatic N) is 4. The summed E-state index contributed by atoms with van der Waals surface area (Å²) in [5.74, 6) is 0.159. The lowest BCUT2D eigenvalue weighted by Gasteiger charge is -2.33. The molecule has 0 radical (unpaired) electrons. The zero-order valence-corrected chi connectivity index (χ0v) is 9.37. The zero-order chi connectivity index (χ0) is 11.4. The second kappa shape index (κ2) is 5.07. The summed E-state index contributed by atoms with van der Waals surface area (Å²) in [5.41, 5.74) is 0. The highest BCUT2D eigenvalue weighted by Crippen LogP contribution is 2.08. The molecule has 0 spiro atoms. The average Bonchev–Trinajstić information content (AvgIpc) is 2.79. The van der Waals surface area contributed by atoms with Crippen molar-refractivity contribution in [3.63, 3.8) is 0 Å². The van der Waals surface area contributed by atoms with Gasteiger partial charge in [-0.3, -0.25) is 9.48 Å². The number of amides is 1. The minimum Gasteiger partial charge on any atom is -0.377 e. The van der Waals surface area contributed by atoms with Crippen molar-refractivity contribution in [1.29, 1.82) is 0 Å². The van der Waals surface area contributed by atoms with Crippen molar-refractivity contribution in [1.82, 2.24) is 19.7 Å². The fourth-order valence-electron chi connectivity index (χ4n) is 1.80. The fourth-order valence-corrected chi connectivity index (χ4v) is 1.80. The highest BCUT2D eigenvalue weighted by molar-refractivity contribution is 5.76. The van der Waals surface area contributed by atoms with Crippen LogP contribution in [0.3, 0.4) is 0 Å². The smallest absolute Gasteiger partial charge is 0.224 e. The van der Waals surface area contributed by atoms with Crippen molar-refractivity contribution in [3.8, 4) is 0 Å². The van der Waals surface area contributed by atoms with Gasteiger partial charge in [-0.15, -0.1) is 0 Å². The molecule has 1 aliphatic heterocycles. The van der Waals surface area contributed by atoms with Gasteiger partial charge in [0.15, 0.2) is 0 Å². The number of aryl methyl sites for hydroxylation is 1. The van der Waals surface area contributed by atoms with E-state index in [1.54, 1.807) is 11.0 Å². The first-order valence-electron chi connectivity index (χ1n) is 5.47. The molecule has 1 aromatic heterocycles. The second-order valence-electron chi connectivity index (χ2n) is 3.92. The highest BCUT2D eigenvalue weighted by Gasteiger charge is 2.23. The first-order valence-corrected chi connectivity index (χ1v) is 5.47. The molecule has 1 saturated heterocycles. The Morgan fingerprint density at radius 1 is 1.62 bits per heavy atom. The third-order valence-corrected chi connectivity index (χ3v) is 2.71. The molecule has 88 valence electrons. The van der Waals surface area contributed by atoms with Crippen LogP contribution in [0.2, 0.25) is 0 Å². The van der Waals surface area contributed by atoms with Gasteiger partial charge in [0.2, 0.25) is 5.91 Å². The van der Waals surface area contributed by atoms with E-state index in [0.717, 1.165) is 0 Å². The van der Waals surface area contributed by atoms with E-state index in [-0.39, 0.29) is 11.9 Å². The Hall–Kier alpha value is -1.43. The molecule has 0 bridgehead atoms. The molecule has 16 heavy (non-hydrogen) atoms. The van der Waals surface area contributed by atoms with E-state index in [1.165, 1.54) is 6.33 Å². The molecule has 2 heterocycles. The number of rotatable bonds is 3. The first-order chi connectivity index (χ1) is 7.77. The van der Waals surface area contributed by atoms with Crippen LogP contribution in [0.5, 0.6) is 0 Å². The Balaban J connectivity index is 1.83. The lowest BCUT2D eigenvalue weighted by molar-refractivity contribution is -0.139. The van der Waals surface area contributed by atoms with Gasteiger partial charge in [0, 0.05) is 13.0 Å². The molecule has 1 fully saturated rings. The van der Waals surface area contributed by atoms with E-state index in [2.05, 4.69) is 10.1 Å². The summed E-state index contributed by atoms with van der Waals surface area (Å²) in [5, 5.41) is 3.96. The summed E-state index contributed by atoms with van der Waals surface area (Å²) in [6.45, 7) is 4.56. The number of aromatic nitrogens is 3. The summed E-state index contributed by atoms with van der Waals surface area (Å²) < 4.78 is 6.96. The molecule has 1 amide bonds. The third kappa shape index (κ3) is 2.57. The number of morpholine rings is 1. The van der Waals surface area contributed by atoms with Crippen LogP contribution in [0.1, 0.15) is 13.3 Å². The molecule has 0 aliphatic carbocycles. The Bertz CT molecular complexity index is 339. The lowest BCUT2D eigenvalue weighted by atomic mass is 10.2. The monoisotopic (exact) mass is 224 g/mol. The minimum absolute atomic E-state index is 0.159. The van der Waals surface area contributed by atoms with E-state index < -0.39 is 0 Å². The van der Waals surface area contributed by atoms with Crippen molar-refractivity contribution in [2.75, 3.05) is 19.8 Å². The summed E-state index contributed by atoms with van der Waals surface area (Å²) in [6.07, 6.45) is 3.56. The van der Waals surface area contributed by atoms with E-state index in [1.807, 2.05) is 11.8 Å². The number of ether oxygens (including phenoxy) is 1. The summed E-state index contributed by atoms with van der Waals surface area (Å²) in [7, 11) is 0. The molecule has 6 heteroatoms. The van der Waals surface area contributed by atoms with E-state index in [0.29, 0.717) is 32.7 Å². The number of hydrogen-bond acceptors (Lipinski definition) is 4. The Morgan fingerprint density at radius 2 is 2.50 bits per heavy atom. The van der Waals surface area contributed by atoms with Crippen molar-refractivity contribution in [2.24, 2.45) is 0 Å². The predicted molar refractivity (Wildman–Crippen MR) is 56.6 cm³/mol. The molecule has 1 aromatic rings. The van der Waals surface area contributed by atoms with E-state index in [4.69, 9.17) is 4.74 Å². The largest absolute Gasteiger partial charge is 0.377 e. The molecule has 0 N–H and O–H groups in total. The van der Waals surface area contributed by atoms with Crippen molar-refractivity contribution < 1.29 is 9.53 Å². The summed E-state index contributed by atoms with van der Waals surface area (Å²) in [4.78, 5) is 17.6. The third-order valence-electron chi connectivity index (χ3n) is 2.71. The van der Waals surface area contributed by atoms with Crippen LogP contribution in [0, 0.1) is 0 Å². The van der Waals surface area contributed by atoms with Gasteiger partial charge in [0.1, 0.15) is 12.7 Å². The highest BCUT2D eigenvalue weighted by atomic mass is 16.5. The standard InChI is InChI=1S/C10H16N4O2/c1-9-6-16-5-4-14(9)10(15)2-3-13-8-11-7-12-13/h7-9H,2-6H2,1H3/t9-/m0/s1. The van der Waals surface area contributed by atoms with Crippen molar-refractivity contribution >= 4 is 5.91 Å². The van der Waals surface area contributed by atoms with Crippen LogP contribution in [0.4, 0.5) is 0 Å². The van der Waals surface area contributed by atoms with Crippen LogP contribution >= 0.6 is 0 Å². The molecule has 1 aliphatic rings. The normalized spacial score (nSPS) is 21.1. The Morgan fingerprint density at radius 3 is 3.19 bits per heavy atom. The topological polar surface area (TPSA) is 60.2 Å². The zero-order valence-electron chi connectivity index (χ0n) is 9.37. The van der Waals surface area contributed by atoms with Gasteiger partial charge in [0.05, 0.1) is 25.8 Å². The molecular formula is C10H16N4O2. The van der Waals surface area contributed by atoms with E-state index in [9.17, 15) is 4.79 Å². The van der Waals surface area contributed by atoms with Crippen LogP contribution in [-0.2, 0) is 16.1 Å². The maximum atomic E-state index is 11.9. The number of hydrogen-bond donors (Lipinski definition) is 0. The Kier molecular flexibility index (Phi) is 3.51. The average molecular weight is 224 g/mol. The molecule has 1 atom stereocenters. The molecule has 0 saturated carbocycles. The maximum Gasteiger partial charge on any atom is 0.224 e. The van der Waals surface area contributed by atoms with Crippen LogP contribution in [0.25, 0.3) is 0 Å². The van der Waals surface area contributed by atoms with Gasteiger partial charge in [-0.1, -0.05) is 0 Å².